The van der Waals surface area contributed by atoms with E-state index in [-0.39, 0.29) is 50.2 Å². The van der Waals surface area contributed by atoms with Crippen molar-refractivity contribution in [1.29, 1.82) is 0 Å². The number of carbonyl (C=O) groups excluding carboxylic acids is 6. The summed E-state index contributed by atoms with van der Waals surface area (Å²) in [6.45, 7) is 31.3. The van der Waals surface area contributed by atoms with E-state index in [0.29, 0.717) is 59.3 Å². The maximum absolute atomic E-state index is 13.7. The molecule has 2 heterocycles. The molecule has 0 aliphatic heterocycles. The van der Waals surface area contributed by atoms with Gasteiger partial charge in [-0.05, 0) is 130 Å². The van der Waals surface area contributed by atoms with Crippen LogP contribution in [0.5, 0.6) is 0 Å². The third-order valence-electron chi connectivity index (χ3n) is 11.5. The Hall–Kier alpha value is -8.62. The fourth-order valence-electron chi connectivity index (χ4n) is 6.65. The number of hydrogen-bond donors (Lipinski definition) is 5. The Morgan fingerprint density at radius 2 is 1.06 bits per heavy atom. The second-order valence-electron chi connectivity index (χ2n) is 20.1. The van der Waals surface area contributed by atoms with Gasteiger partial charge in [0.2, 0.25) is 10.8 Å². The molecule has 3 aromatic carbocycles. The molecule has 5 aromatic rings. The molecule has 38 heteroatoms. The van der Waals surface area contributed by atoms with Crippen molar-refractivity contribution >= 4 is 137 Å². The van der Waals surface area contributed by atoms with Crippen molar-refractivity contribution in [3.63, 3.8) is 0 Å². The van der Waals surface area contributed by atoms with Crippen molar-refractivity contribution in [1.82, 2.24) is 19.9 Å². The standard InChI is InChI=1S/C12H9ClF2N2.C12H10F2N2O.C8H13ClO3.2C8H10F2O3.C6H8N2.C6H10O3.C5H8O3.C4H8.CH3F.Cl3OP/c1-2-7-12(14,15)10-11(13)17-9-6-4-3-5-8(9)16-10;1-2-7-12(13,14)10-11(17)16-9-6-4-3-5-8(9)15-10;1-4-6-12-8(3,9)7(10)11-5-2;1-3-5-13-6(7(9)10)8(11)12-4-2;1-3-5-8(9,10)6(11)7(12)13-4-2;7-5-3-1-2-4-6(5)8;7-5-2-1-4(3-5)6(8)9;1-3-8-5(7)4(2)6;1-3-4-2;1-2;1-5(2,3)4/h2-6H,1,7H2;2-6H,1,7H2,(H,16,17);4H,1,5-6H2,2-3H3;2*3H,1,4-5H2,2H3;1-4H,7-8H2;4-5,7H,1-3H2,(H,8,9);3H2,1-2H3;3H,1,4H2,2H3;1H3;/t;;;;;;4-,5-;;;;/m......0..../s1/i;;;;;;;;;1D;. The van der Waals surface area contributed by atoms with E-state index in [1.165, 1.54) is 39.8 Å². The van der Waals surface area contributed by atoms with Gasteiger partial charge in [0.1, 0.15) is 12.3 Å². The number of allylic oxidation sites excluding steroid dienone is 4. The number of aliphatic hydroxyl groups is 1. The number of H-pyrrole nitrogens is 1. The SMILES string of the molecule is C=CCC.C=CCC(F)(F)C(=O)C(=O)OCC.C=CCC(F)(F)c1nc2ccccc2[nH]c1=O.C=CCC(F)(F)c1nc2ccccc2nc1Cl.C=CCOC(C(=O)OCC)=C(F)F.C=CCOC(C)(Cl)C(=O)OCC.CCOC(=O)C(C)=O.Nc1ccccc1N.O=C(O)[C@H]1CC[C@H](O)C1.O=P(Cl)(Cl)Cl.[2H]CF. The molecule has 23 nitrogen and oxygen atoms in total. The highest BCUT2D eigenvalue weighted by molar-refractivity contribution is 8.24. The third kappa shape index (κ3) is 49.4. The van der Waals surface area contributed by atoms with Gasteiger partial charge in [0.15, 0.2) is 10.8 Å². The summed E-state index contributed by atoms with van der Waals surface area (Å²) < 4.78 is 156. The Kier molecular flexibility index (Phi) is 58.1. The Labute approximate surface area is 645 Å². The van der Waals surface area contributed by atoms with Gasteiger partial charge in [0, 0.05) is 26.2 Å². The first kappa shape index (κ1) is 106. The number of carboxylic acids is 1. The van der Waals surface area contributed by atoms with E-state index in [1.54, 1.807) is 74.5 Å². The molecule has 1 unspecified atom stereocenters. The number of Topliss-reactive ketones (excluding diaryl/α,β-unsaturated/α-hetero) is 2. The maximum atomic E-state index is 13.7. The van der Waals surface area contributed by atoms with Gasteiger partial charge < -0.3 is 55.1 Å². The number of anilines is 2. The van der Waals surface area contributed by atoms with Crippen LogP contribution in [0.25, 0.3) is 22.1 Å². The molecule has 0 bridgehead atoms. The van der Waals surface area contributed by atoms with Gasteiger partial charge in [0.25, 0.3) is 23.2 Å². The number of alkyl halides is 8. The number of carboxylic acid groups (broad SMARTS) is 1. The number of benzene rings is 3. The topological polar surface area (TPSA) is 356 Å². The number of aromatic nitrogens is 4. The van der Waals surface area contributed by atoms with E-state index in [4.69, 9.17) is 51.0 Å². The van der Waals surface area contributed by atoms with Gasteiger partial charge in [-0.2, -0.15) is 35.1 Å². The van der Waals surface area contributed by atoms with Crippen molar-refractivity contribution < 1.29 is 118 Å². The minimum absolute atomic E-state index is 0.0209. The highest BCUT2D eigenvalue weighted by Gasteiger charge is 2.43. The highest BCUT2D eigenvalue weighted by atomic mass is 36.0. The van der Waals surface area contributed by atoms with Gasteiger partial charge in [0.05, 0.1) is 87.0 Å². The summed E-state index contributed by atoms with van der Waals surface area (Å²) in [4.78, 5) is 99.0. The molecule has 0 radical (unpaired) electrons. The fraction of sp³-hybridized carbons (Fsp3) is 0.386. The van der Waals surface area contributed by atoms with Crippen molar-refractivity contribution in [3.05, 3.63) is 187 Å². The molecule has 1 aliphatic carbocycles. The van der Waals surface area contributed by atoms with E-state index in [9.17, 15) is 82.4 Å². The van der Waals surface area contributed by atoms with Gasteiger partial charge in [-0.3, -0.25) is 28.1 Å². The number of para-hydroxylation sites is 6. The van der Waals surface area contributed by atoms with E-state index < -0.39 is 125 Å². The molecule has 3 atom stereocenters. The zero-order valence-electron chi connectivity index (χ0n) is 60.9. The summed E-state index contributed by atoms with van der Waals surface area (Å²) in [7, 11) is -1.00. The van der Waals surface area contributed by atoms with Crippen LogP contribution >= 0.6 is 62.1 Å². The third-order valence-corrected chi connectivity index (χ3v) is 12.0. The Morgan fingerprint density at radius 1 is 0.648 bits per heavy atom. The van der Waals surface area contributed by atoms with Gasteiger partial charge in [-0.1, -0.05) is 110 Å². The number of hydrogen-bond acceptors (Lipinski definition) is 21. The molecule has 1 fully saturated rings. The minimum Gasteiger partial charge on any atom is -0.481 e. The van der Waals surface area contributed by atoms with Crippen LogP contribution in [0, 0.1) is 5.92 Å². The molecular formula is C70H89Cl5F9N6O17P. The highest BCUT2D eigenvalue weighted by Crippen LogP contribution is 2.61. The Balaban J connectivity index is -0.000000374. The van der Waals surface area contributed by atoms with E-state index in [1.807, 2.05) is 18.2 Å². The smallest absolute Gasteiger partial charge is 0.381 e. The van der Waals surface area contributed by atoms with Gasteiger partial charge in [-0.15, -0.1) is 32.9 Å². The monoisotopic (exact) mass is 1660 g/mol. The van der Waals surface area contributed by atoms with Crippen LogP contribution in [-0.4, -0.2) is 135 Å². The van der Waals surface area contributed by atoms with Crippen molar-refractivity contribution in [2.75, 3.05) is 58.3 Å². The number of nitrogens with two attached hydrogens (primary N) is 2. The fourth-order valence-corrected chi connectivity index (χ4v) is 7.04. The van der Waals surface area contributed by atoms with Crippen molar-refractivity contribution in [2.24, 2.45) is 5.92 Å². The van der Waals surface area contributed by atoms with Crippen LogP contribution in [0.2, 0.25) is 5.15 Å². The molecule has 108 heavy (non-hydrogen) atoms. The quantitative estimate of drug-likeness (QED) is 0.00346. The van der Waals surface area contributed by atoms with Crippen LogP contribution < -0.4 is 17.0 Å². The zero-order valence-corrected chi connectivity index (χ0v) is 64.6. The molecule has 604 valence electrons. The first-order chi connectivity index (χ1) is 50.7. The van der Waals surface area contributed by atoms with Gasteiger partial charge >= 0.3 is 52.8 Å². The second kappa shape index (κ2) is 59.3. The van der Waals surface area contributed by atoms with Crippen molar-refractivity contribution in [2.45, 2.75) is 122 Å². The number of carbonyl (C=O) groups is 7. The van der Waals surface area contributed by atoms with E-state index in [2.05, 4.69) is 124 Å². The number of aliphatic hydroxyl groups excluding tert-OH is 1. The van der Waals surface area contributed by atoms with Crippen LogP contribution in [0.3, 0.4) is 0 Å². The number of nitrogens with zero attached hydrogens (tertiary/aromatic N) is 3. The Bertz CT molecular complexity index is 3780. The lowest BCUT2D eigenvalue weighted by Gasteiger charge is -2.19. The number of halogens is 14. The lowest BCUT2D eigenvalue weighted by Crippen LogP contribution is -2.35. The number of ether oxygens (including phenoxy) is 6. The number of aromatic amines is 1. The molecule has 2 aromatic heterocycles. The number of ketones is 2. The van der Waals surface area contributed by atoms with Gasteiger partial charge in [-0.25, -0.2) is 34.1 Å². The minimum atomic E-state index is -3.70. The predicted octanol–water partition coefficient (Wildman–Crippen LogP) is 17.6. The average molecular weight is 1670 g/mol. The second-order valence-corrected chi connectivity index (χ2v) is 27.8. The summed E-state index contributed by atoms with van der Waals surface area (Å²) in [5.74, 6) is -18.6. The normalized spacial score (nSPS) is 12.8. The summed E-state index contributed by atoms with van der Waals surface area (Å²) in [6.07, 6.45) is 5.98. The first-order valence-electron chi connectivity index (χ1n) is 31.9. The number of esters is 4. The first-order valence-corrected chi connectivity index (χ1v) is 36.4. The van der Waals surface area contributed by atoms with Crippen molar-refractivity contribution in [3.8, 4) is 0 Å². The van der Waals surface area contributed by atoms with Crippen LogP contribution in [0.15, 0.2) is 165 Å². The lowest BCUT2D eigenvalue weighted by atomic mass is 10.1. The molecule has 0 amide bonds. The lowest BCUT2D eigenvalue weighted by molar-refractivity contribution is -0.165. The molecule has 0 saturated heterocycles. The number of nitrogen functional groups attached to an aromatic ring is 2. The molecule has 1 aliphatic rings. The summed E-state index contributed by atoms with van der Waals surface area (Å²) >= 11 is 25.3. The number of rotatable bonds is 25. The number of aliphatic carboxylic acids is 1. The number of fused-ring (bicyclic) bond motifs is 2. The molecule has 6 rings (SSSR count). The molecular weight excluding hydrogens is 1580 g/mol. The summed E-state index contributed by atoms with van der Waals surface area (Å²) in [5, 5.41) is 12.4. The molecule has 1 saturated carbocycles. The Morgan fingerprint density at radius 3 is 1.43 bits per heavy atom. The maximum Gasteiger partial charge on any atom is 0.381 e. The average Bonchev–Trinajstić information content (AvgIpc) is 1.11. The van der Waals surface area contributed by atoms with E-state index >= 15 is 0 Å². The summed E-state index contributed by atoms with van der Waals surface area (Å²) in [6, 6.07) is 20.5. The zero-order chi connectivity index (χ0) is 85.3. The van der Waals surface area contributed by atoms with Crippen LogP contribution in [0.1, 0.15) is 106 Å². The summed E-state index contributed by atoms with van der Waals surface area (Å²) in [5.41, 5.74) is 11.6. The van der Waals surface area contributed by atoms with Crippen LogP contribution in [0.4, 0.5) is 50.9 Å². The predicted molar refractivity (Wildman–Crippen MR) is 401 cm³/mol. The van der Waals surface area contributed by atoms with Crippen LogP contribution in [-0.2, 0) is 78.4 Å². The number of nitrogens with one attached hydrogen (secondary N) is 1. The molecule has 0 spiro atoms. The molecule has 7 N–H and O–H groups in total. The largest absolute Gasteiger partial charge is 0.481 e. The van der Waals surface area contributed by atoms with E-state index in [0.717, 1.165) is 24.6 Å².